The van der Waals surface area contributed by atoms with Crippen LogP contribution in [-0.4, -0.2) is 21.1 Å². The lowest BCUT2D eigenvalue weighted by Crippen LogP contribution is -2.47. The maximum atomic E-state index is 13.7. The molecule has 0 N–H and O–H groups in total. The van der Waals surface area contributed by atoms with Crippen LogP contribution in [0.15, 0.2) is 72.8 Å². The first-order valence-electron chi connectivity index (χ1n) is 9.57. The number of fused-ring (bicyclic) bond motifs is 1. The maximum absolute atomic E-state index is 13.7. The number of benzene rings is 3. The number of rotatable bonds is 3. The molecule has 1 unspecified atom stereocenters. The molecule has 1 heterocycles. The van der Waals surface area contributed by atoms with E-state index in [0.717, 1.165) is 11.4 Å². The largest absolute Gasteiger partial charge is 0.497 e. The summed E-state index contributed by atoms with van der Waals surface area (Å²) in [7, 11) is -0.324. The Morgan fingerprint density at radius 1 is 0.964 bits per heavy atom. The van der Waals surface area contributed by atoms with Gasteiger partial charge >= 0.3 is 0 Å². The molecule has 0 aromatic heterocycles. The van der Waals surface area contributed by atoms with E-state index in [1.165, 1.54) is 16.3 Å². The van der Waals surface area contributed by atoms with Crippen LogP contribution in [0, 0.1) is 6.92 Å². The quantitative estimate of drug-likeness (QED) is 0.601. The van der Waals surface area contributed by atoms with Crippen molar-refractivity contribution in [1.29, 1.82) is 0 Å². The van der Waals surface area contributed by atoms with E-state index in [1.807, 2.05) is 35.2 Å². The van der Waals surface area contributed by atoms with Crippen molar-refractivity contribution in [1.82, 2.24) is 0 Å². The molecule has 0 radical (unpaired) electrons. The maximum Gasteiger partial charge on any atom is 0.258 e. The molecule has 28 heavy (non-hydrogen) atoms. The van der Waals surface area contributed by atoms with E-state index in [9.17, 15) is 4.79 Å². The van der Waals surface area contributed by atoms with E-state index in [-0.39, 0.29) is 11.6 Å². The fourth-order valence-corrected chi connectivity index (χ4v) is 7.97. The third-order valence-electron chi connectivity index (χ3n) is 5.72. The van der Waals surface area contributed by atoms with Gasteiger partial charge in [-0.3, -0.25) is 4.79 Å². The number of ether oxygens (including phenoxy) is 1. The van der Waals surface area contributed by atoms with E-state index >= 15 is 0 Å². The van der Waals surface area contributed by atoms with Crippen LogP contribution in [-0.2, 0) is 0 Å². The Morgan fingerprint density at radius 3 is 2.29 bits per heavy atom. The molecule has 4 rings (SSSR count). The Labute approximate surface area is 167 Å². The lowest BCUT2D eigenvalue weighted by molar-refractivity contribution is 0.0984. The van der Waals surface area contributed by atoms with Gasteiger partial charge in [0.15, 0.2) is 0 Å². The zero-order chi connectivity index (χ0) is 19.9. The van der Waals surface area contributed by atoms with Gasteiger partial charge in [0.2, 0.25) is 0 Å². The van der Waals surface area contributed by atoms with Gasteiger partial charge in [0.05, 0.1) is 12.8 Å². The standard InChI is InChI=1S/C24H25NO2Si/c1-17-10-15-21-22(16-17)28(3,4)24(19-8-6-5-7-9-19)25(21)23(26)18-11-13-20(27-2)14-12-18/h5-16,24H,1-4H3. The highest BCUT2D eigenvalue weighted by Gasteiger charge is 2.49. The average Bonchev–Trinajstić information content (AvgIpc) is 2.95. The zero-order valence-electron chi connectivity index (χ0n) is 16.8. The van der Waals surface area contributed by atoms with Crippen molar-refractivity contribution >= 4 is 24.9 Å². The minimum absolute atomic E-state index is 0.0414. The number of anilines is 1. The highest BCUT2D eigenvalue weighted by molar-refractivity contribution is 6.94. The fraction of sp³-hybridized carbons (Fsp3) is 0.208. The molecule has 0 fully saturated rings. The van der Waals surface area contributed by atoms with Gasteiger partial charge in [-0.2, -0.15) is 0 Å². The monoisotopic (exact) mass is 387 g/mol. The molecule has 1 aliphatic heterocycles. The zero-order valence-corrected chi connectivity index (χ0v) is 17.8. The van der Waals surface area contributed by atoms with E-state index in [0.29, 0.717) is 5.56 Å². The number of carbonyl (C=O) groups is 1. The van der Waals surface area contributed by atoms with Crippen molar-refractivity contribution < 1.29 is 9.53 Å². The second-order valence-corrected chi connectivity index (χ2v) is 12.5. The summed E-state index contributed by atoms with van der Waals surface area (Å²) in [6.45, 7) is 6.85. The van der Waals surface area contributed by atoms with Crippen molar-refractivity contribution in [3.8, 4) is 5.75 Å². The van der Waals surface area contributed by atoms with Crippen LogP contribution in [0.5, 0.6) is 5.75 Å². The van der Waals surface area contributed by atoms with Gasteiger partial charge in [0, 0.05) is 11.3 Å². The fourth-order valence-electron chi connectivity index (χ4n) is 4.29. The summed E-state index contributed by atoms with van der Waals surface area (Å²) in [6, 6.07) is 24.3. The smallest absolute Gasteiger partial charge is 0.258 e. The SMILES string of the molecule is COc1ccc(C(=O)N2c3ccc(C)cc3[Si](C)(C)C2c2ccccc2)cc1. The van der Waals surface area contributed by atoms with Crippen LogP contribution in [0.3, 0.4) is 0 Å². The van der Waals surface area contributed by atoms with E-state index < -0.39 is 8.07 Å². The van der Waals surface area contributed by atoms with Crippen LogP contribution in [0.25, 0.3) is 0 Å². The van der Waals surface area contributed by atoms with Crippen LogP contribution in [0.2, 0.25) is 13.1 Å². The van der Waals surface area contributed by atoms with Gasteiger partial charge < -0.3 is 9.64 Å². The third kappa shape index (κ3) is 2.94. The highest BCUT2D eigenvalue weighted by atomic mass is 28.3. The van der Waals surface area contributed by atoms with Gasteiger partial charge in [-0.1, -0.05) is 61.1 Å². The third-order valence-corrected chi connectivity index (χ3v) is 9.47. The molecular formula is C24H25NO2Si. The Balaban J connectivity index is 1.87. The number of carbonyl (C=O) groups excluding carboxylic acids is 1. The topological polar surface area (TPSA) is 29.5 Å². The number of nitrogens with zero attached hydrogens (tertiary/aromatic N) is 1. The van der Waals surface area contributed by atoms with Crippen molar-refractivity contribution in [2.24, 2.45) is 0 Å². The molecule has 0 saturated heterocycles. The first kappa shape index (κ1) is 18.5. The second-order valence-electron chi connectivity index (χ2n) is 7.96. The van der Waals surface area contributed by atoms with E-state index in [1.54, 1.807) is 7.11 Å². The molecular weight excluding hydrogens is 362 g/mol. The highest BCUT2D eigenvalue weighted by Crippen LogP contribution is 2.42. The molecule has 0 aliphatic carbocycles. The number of aryl methyl sites for hydroxylation is 1. The number of hydrogen-bond acceptors (Lipinski definition) is 2. The van der Waals surface area contributed by atoms with E-state index in [2.05, 4.69) is 62.5 Å². The van der Waals surface area contributed by atoms with Gasteiger partial charge in [-0.25, -0.2) is 0 Å². The first-order valence-corrected chi connectivity index (χ1v) is 12.6. The molecule has 0 bridgehead atoms. The van der Waals surface area contributed by atoms with Gasteiger partial charge in [-0.15, -0.1) is 0 Å². The normalized spacial score (nSPS) is 17.3. The Morgan fingerprint density at radius 2 is 1.64 bits per heavy atom. The van der Waals surface area contributed by atoms with Crippen LogP contribution in [0.1, 0.15) is 27.2 Å². The van der Waals surface area contributed by atoms with E-state index in [4.69, 9.17) is 4.74 Å². The van der Waals surface area contributed by atoms with Crippen molar-refractivity contribution in [3.63, 3.8) is 0 Å². The minimum Gasteiger partial charge on any atom is -0.497 e. The van der Waals surface area contributed by atoms with Crippen molar-refractivity contribution in [2.75, 3.05) is 12.0 Å². The molecule has 0 saturated carbocycles. The Kier molecular flexibility index (Phi) is 4.59. The summed E-state index contributed by atoms with van der Waals surface area (Å²) in [5.74, 6) is 0.794. The van der Waals surface area contributed by atoms with Gasteiger partial charge in [0.25, 0.3) is 5.91 Å². The summed E-state index contributed by atoms with van der Waals surface area (Å²) in [5, 5.41) is 1.35. The molecule has 3 aromatic carbocycles. The van der Waals surface area contributed by atoms with Gasteiger partial charge in [-0.05, 0) is 48.0 Å². The summed E-state index contributed by atoms with van der Waals surface area (Å²) < 4.78 is 5.25. The van der Waals surface area contributed by atoms with Crippen LogP contribution in [0.4, 0.5) is 5.69 Å². The Hall–Kier alpha value is -2.85. The Bertz CT molecular complexity index is 1010. The van der Waals surface area contributed by atoms with Crippen LogP contribution < -0.4 is 14.8 Å². The molecule has 3 nitrogen and oxygen atoms in total. The number of hydrogen-bond donors (Lipinski definition) is 0. The molecule has 4 heteroatoms. The summed E-state index contributed by atoms with van der Waals surface area (Å²) in [6.07, 6.45) is 0. The summed E-state index contributed by atoms with van der Waals surface area (Å²) in [5.41, 5.74) is 4.25. The van der Waals surface area contributed by atoms with Crippen LogP contribution >= 0.6 is 0 Å². The predicted octanol–water partition coefficient (Wildman–Crippen LogP) is 4.86. The minimum atomic E-state index is -1.96. The summed E-state index contributed by atoms with van der Waals surface area (Å²) in [4.78, 5) is 15.7. The average molecular weight is 388 g/mol. The predicted molar refractivity (Wildman–Crippen MR) is 117 cm³/mol. The lowest BCUT2D eigenvalue weighted by atomic mass is 10.1. The number of amides is 1. The summed E-state index contributed by atoms with van der Waals surface area (Å²) >= 11 is 0. The molecule has 1 atom stereocenters. The second kappa shape index (κ2) is 6.95. The molecule has 3 aromatic rings. The van der Waals surface area contributed by atoms with Crippen molar-refractivity contribution in [2.45, 2.75) is 25.7 Å². The number of methoxy groups -OCH3 is 1. The molecule has 1 amide bonds. The molecule has 0 spiro atoms. The molecule has 1 aliphatic rings. The van der Waals surface area contributed by atoms with Crippen molar-refractivity contribution in [3.05, 3.63) is 89.5 Å². The molecule has 142 valence electrons. The van der Waals surface area contributed by atoms with Gasteiger partial charge in [0.1, 0.15) is 13.8 Å². The lowest BCUT2D eigenvalue weighted by Gasteiger charge is -2.32. The first-order chi connectivity index (χ1) is 13.4.